The lowest BCUT2D eigenvalue weighted by atomic mass is 9.88. The smallest absolute Gasteiger partial charge is 0.316 e. The van der Waals surface area contributed by atoms with Gasteiger partial charge in [-0.05, 0) is 49.0 Å². The SMILES string of the molecule is [C-]#[N+]c1c[nH]c(C(=O)Nc2ccc(C3CNC(=NSOOC)NC3)cc2C2=CCCCC2)n1. The summed E-state index contributed by atoms with van der Waals surface area (Å²) in [5.74, 6) is 0.795. The summed E-state index contributed by atoms with van der Waals surface area (Å²) < 4.78 is 8.86. The Labute approximate surface area is 196 Å². The van der Waals surface area contributed by atoms with Gasteiger partial charge in [0.05, 0.1) is 7.11 Å². The Morgan fingerprint density at radius 3 is 2.88 bits per heavy atom. The van der Waals surface area contributed by atoms with Crippen LogP contribution in [-0.4, -0.2) is 42.0 Å². The molecule has 11 heteroatoms. The number of nitrogens with zero attached hydrogens (tertiary/aromatic N) is 3. The predicted molar refractivity (Wildman–Crippen MR) is 128 cm³/mol. The molecule has 4 N–H and O–H groups in total. The second-order valence-electron chi connectivity index (χ2n) is 7.66. The maximum Gasteiger partial charge on any atom is 0.316 e. The summed E-state index contributed by atoms with van der Waals surface area (Å²) in [6, 6.07) is 6.15. The quantitative estimate of drug-likeness (QED) is 0.122. The van der Waals surface area contributed by atoms with Crippen molar-refractivity contribution in [1.82, 2.24) is 20.6 Å². The standard InChI is InChI=1S/C22H25N7O3S/c1-23-19-13-24-20(28-19)21(30)27-18-9-8-15(10-17(18)14-6-4-3-5-7-14)16-11-25-22(26-12-16)29-33-32-31-2/h6,8-10,13,16H,3-5,7,11-12H2,2H3,(H,24,28)(H,27,30)(H2,25,26,29). The number of carbonyl (C=O) groups is 1. The molecule has 2 aliphatic rings. The van der Waals surface area contributed by atoms with Gasteiger partial charge < -0.3 is 25.8 Å². The first-order valence-electron chi connectivity index (χ1n) is 10.7. The van der Waals surface area contributed by atoms with Crippen LogP contribution in [0.2, 0.25) is 0 Å². The second kappa shape index (κ2) is 11.0. The molecule has 172 valence electrons. The van der Waals surface area contributed by atoms with E-state index >= 15 is 0 Å². The number of aromatic amines is 1. The summed E-state index contributed by atoms with van der Waals surface area (Å²) in [5.41, 5.74) is 4.18. The van der Waals surface area contributed by atoms with Gasteiger partial charge in [-0.25, -0.2) is 4.89 Å². The molecule has 1 aromatic carbocycles. The highest BCUT2D eigenvalue weighted by Gasteiger charge is 2.22. The fourth-order valence-corrected chi connectivity index (χ4v) is 4.19. The first-order chi connectivity index (χ1) is 16.2. The van der Waals surface area contributed by atoms with Crippen LogP contribution in [0, 0.1) is 6.57 Å². The zero-order chi connectivity index (χ0) is 23.0. The van der Waals surface area contributed by atoms with E-state index in [4.69, 9.17) is 10.9 Å². The molecule has 0 saturated carbocycles. The summed E-state index contributed by atoms with van der Waals surface area (Å²) in [6.45, 7) is 8.47. The molecule has 2 aromatic rings. The number of carbonyl (C=O) groups excluding carboxylic acids is 1. The van der Waals surface area contributed by atoms with Gasteiger partial charge in [0.25, 0.3) is 11.6 Å². The number of anilines is 1. The number of hydrogen-bond donors (Lipinski definition) is 4. The van der Waals surface area contributed by atoms with Crippen molar-refractivity contribution >= 4 is 41.2 Å². The largest absolute Gasteiger partial charge is 0.359 e. The minimum Gasteiger partial charge on any atom is -0.359 e. The Balaban J connectivity index is 1.53. The van der Waals surface area contributed by atoms with Gasteiger partial charge >= 0.3 is 5.91 Å². The van der Waals surface area contributed by atoms with E-state index in [1.54, 1.807) is 0 Å². The van der Waals surface area contributed by atoms with Gasteiger partial charge in [-0.2, -0.15) is 4.40 Å². The Morgan fingerprint density at radius 1 is 1.33 bits per heavy atom. The Hall–Kier alpha value is -3.33. The maximum atomic E-state index is 12.7. The third-order valence-electron chi connectivity index (χ3n) is 5.55. The normalized spacial score (nSPS) is 17.9. The van der Waals surface area contributed by atoms with Gasteiger partial charge in [-0.15, -0.1) is 4.33 Å². The molecule has 33 heavy (non-hydrogen) atoms. The van der Waals surface area contributed by atoms with E-state index in [9.17, 15) is 4.79 Å². The summed E-state index contributed by atoms with van der Waals surface area (Å²) >= 11 is 0.856. The average molecular weight is 468 g/mol. The number of amides is 1. The summed E-state index contributed by atoms with van der Waals surface area (Å²) in [6.07, 6.45) is 8.01. The van der Waals surface area contributed by atoms with Crippen molar-refractivity contribution in [2.45, 2.75) is 31.6 Å². The first-order valence-corrected chi connectivity index (χ1v) is 11.4. The van der Waals surface area contributed by atoms with Gasteiger partial charge in [0.1, 0.15) is 0 Å². The predicted octanol–water partition coefficient (Wildman–Crippen LogP) is 3.94. The molecule has 1 amide bonds. The molecule has 1 saturated heterocycles. The number of rotatable bonds is 7. The molecule has 4 rings (SSSR count). The number of aromatic nitrogens is 2. The molecule has 0 spiro atoms. The van der Waals surface area contributed by atoms with Gasteiger partial charge in [-0.3, -0.25) is 4.79 Å². The number of nitrogens with one attached hydrogen (secondary N) is 4. The molecular formula is C22H25N7O3S. The van der Waals surface area contributed by atoms with E-state index in [0.29, 0.717) is 5.96 Å². The van der Waals surface area contributed by atoms with E-state index in [-0.39, 0.29) is 23.5 Å². The minimum absolute atomic E-state index is 0.122. The van der Waals surface area contributed by atoms with Crippen LogP contribution < -0.4 is 16.0 Å². The van der Waals surface area contributed by atoms with Crippen molar-refractivity contribution in [1.29, 1.82) is 0 Å². The van der Waals surface area contributed by atoms with Crippen LogP contribution in [0.4, 0.5) is 11.5 Å². The fraction of sp³-hybridized carbons (Fsp3) is 0.364. The summed E-state index contributed by atoms with van der Waals surface area (Å²) in [7, 11) is 1.43. The third-order valence-corrected chi connectivity index (χ3v) is 6.01. The molecule has 2 heterocycles. The first kappa shape index (κ1) is 22.8. The molecule has 0 unspecified atom stereocenters. The van der Waals surface area contributed by atoms with Crippen molar-refractivity contribution in [3.63, 3.8) is 0 Å². The van der Waals surface area contributed by atoms with E-state index in [0.717, 1.165) is 55.8 Å². The highest BCUT2D eigenvalue weighted by Crippen LogP contribution is 2.34. The van der Waals surface area contributed by atoms with Crippen molar-refractivity contribution in [3.05, 3.63) is 58.8 Å². The van der Waals surface area contributed by atoms with Crippen LogP contribution >= 0.6 is 12.2 Å². The van der Waals surface area contributed by atoms with Crippen molar-refractivity contribution in [2.75, 3.05) is 25.5 Å². The minimum atomic E-state index is -0.368. The van der Waals surface area contributed by atoms with Crippen LogP contribution in [0.3, 0.4) is 0 Å². The van der Waals surface area contributed by atoms with Crippen LogP contribution in [-0.2, 0) is 9.22 Å². The maximum absolute atomic E-state index is 12.7. The highest BCUT2D eigenvalue weighted by atomic mass is 32.2. The van der Waals surface area contributed by atoms with Gasteiger partial charge in [0, 0.05) is 36.5 Å². The Morgan fingerprint density at radius 2 is 2.18 bits per heavy atom. The third kappa shape index (κ3) is 5.73. The lowest BCUT2D eigenvalue weighted by molar-refractivity contribution is -0.160. The number of imidazole rings is 1. The number of guanidine groups is 1. The molecular weight excluding hydrogens is 442 g/mol. The van der Waals surface area contributed by atoms with E-state index in [1.165, 1.54) is 30.9 Å². The number of H-pyrrole nitrogens is 1. The van der Waals surface area contributed by atoms with Gasteiger partial charge in [0.2, 0.25) is 5.96 Å². The lowest BCUT2D eigenvalue weighted by Crippen LogP contribution is -2.48. The molecule has 0 atom stereocenters. The molecule has 1 aliphatic heterocycles. The summed E-state index contributed by atoms with van der Waals surface area (Å²) in [5, 5.41) is 9.50. The number of hydrogen-bond acceptors (Lipinski definition) is 6. The number of allylic oxidation sites excluding steroid dienone is 2. The topological polar surface area (TPSA) is 117 Å². The molecule has 10 nitrogen and oxygen atoms in total. The van der Waals surface area contributed by atoms with E-state index < -0.39 is 0 Å². The monoisotopic (exact) mass is 467 g/mol. The molecule has 0 bridgehead atoms. The Bertz CT molecular complexity index is 1100. The zero-order valence-electron chi connectivity index (χ0n) is 18.2. The zero-order valence-corrected chi connectivity index (χ0v) is 19.0. The van der Waals surface area contributed by atoms with Crippen molar-refractivity contribution < 1.29 is 14.0 Å². The summed E-state index contributed by atoms with van der Waals surface area (Å²) in [4.78, 5) is 27.3. The van der Waals surface area contributed by atoms with Crippen LogP contribution in [0.25, 0.3) is 10.4 Å². The molecule has 1 aromatic heterocycles. The van der Waals surface area contributed by atoms with Crippen LogP contribution in [0.5, 0.6) is 0 Å². The fourth-order valence-electron chi connectivity index (χ4n) is 3.90. The lowest BCUT2D eigenvalue weighted by Gasteiger charge is -2.27. The second-order valence-corrected chi connectivity index (χ2v) is 8.13. The van der Waals surface area contributed by atoms with E-state index in [1.807, 2.05) is 12.1 Å². The molecule has 0 radical (unpaired) electrons. The van der Waals surface area contributed by atoms with E-state index in [2.05, 4.69) is 52.2 Å². The number of benzene rings is 1. The highest BCUT2D eigenvalue weighted by molar-refractivity contribution is 7.93. The Kier molecular flexibility index (Phi) is 7.62. The van der Waals surface area contributed by atoms with Crippen LogP contribution in [0.15, 0.2) is 34.9 Å². The van der Waals surface area contributed by atoms with Crippen molar-refractivity contribution in [3.8, 4) is 0 Å². The van der Waals surface area contributed by atoms with Crippen molar-refractivity contribution in [2.24, 2.45) is 4.40 Å². The molecule has 1 aliphatic carbocycles. The molecule has 1 fully saturated rings. The van der Waals surface area contributed by atoms with Gasteiger partial charge in [0.15, 0.2) is 12.2 Å². The average Bonchev–Trinajstić information content (AvgIpc) is 3.35. The van der Waals surface area contributed by atoms with Crippen LogP contribution in [0.1, 0.15) is 53.3 Å². The van der Waals surface area contributed by atoms with Gasteiger partial charge in [-0.1, -0.05) is 23.7 Å².